The molecule has 1 aliphatic rings. The molecule has 0 radical (unpaired) electrons. The van der Waals surface area contributed by atoms with Crippen LogP contribution in [0.2, 0.25) is 0 Å². The number of amides is 1. The molecule has 1 saturated heterocycles. The number of carbonyl (C=O) groups excluding carboxylic acids is 1. The molecule has 4 aromatic rings. The van der Waals surface area contributed by atoms with E-state index in [-0.39, 0.29) is 11.7 Å². The predicted molar refractivity (Wildman–Crippen MR) is 151 cm³/mol. The van der Waals surface area contributed by atoms with Crippen LogP contribution in [0.25, 0.3) is 10.8 Å². The Morgan fingerprint density at radius 1 is 0.769 bits per heavy atom. The lowest BCUT2D eigenvalue weighted by Gasteiger charge is -2.35. The van der Waals surface area contributed by atoms with Gasteiger partial charge in [0.1, 0.15) is 5.82 Å². The molecule has 5 rings (SSSR count). The minimum Gasteiger partial charge on any atom is -0.337 e. The summed E-state index contributed by atoms with van der Waals surface area (Å²) in [6.45, 7) is 3.47. The Morgan fingerprint density at radius 2 is 1.44 bits per heavy atom. The number of piperazine rings is 1. The third-order valence-corrected chi connectivity index (χ3v) is 9.18. The lowest BCUT2D eigenvalue weighted by Crippen LogP contribution is -2.50. The zero-order valence-electron chi connectivity index (χ0n) is 21.7. The van der Waals surface area contributed by atoms with Crippen LogP contribution in [0.3, 0.4) is 0 Å². The number of rotatable bonds is 9. The molecule has 0 unspecified atom stereocenters. The van der Waals surface area contributed by atoms with Crippen molar-refractivity contribution in [2.45, 2.75) is 17.9 Å². The lowest BCUT2D eigenvalue weighted by atomic mass is 10.1. The van der Waals surface area contributed by atoms with Gasteiger partial charge in [0.25, 0.3) is 0 Å². The van der Waals surface area contributed by atoms with Crippen LogP contribution >= 0.6 is 0 Å². The predicted octanol–water partition coefficient (Wildman–Crippen LogP) is 4.56. The summed E-state index contributed by atoms with van der Waals surface area (Å²) in [5.41, 5.74) is 1.81. The van der Waals surface area contributed by atoms with Crippen LogP contribution in [-0.4, -0.2) is 67.7 Å². The highest BCUT2D eigenvalue weighted by Gasteiger charge is 2.30. The van der Waals surface area contributed by atoms with Crippen molar-refractivity contribution >= 4 is 26.7 Å². The maximum Gasteiger partial charge on any atom is 0.243 e. The van der Waals surface area contributed by atoms with Gasteiger partial charge in [-0.05, 0) is 34.7 Å². The summed E-state index contributed by atoms with van der Waals surface area (Å²) < 4.78 is 42.0. The second kappa shape index (κ2) is 12.1. The molecule has 0 N–H and O–H groups in total. The monoisotopic (exact) mass is 545 g/mol. The molecule has 1 amide bonds. The van der Waals surface area contributed by atoms with Crippen molar-refractivity contribution in [1.82, 2.24) is 14.1 Å². The molecule has 202 valence electrons. The second-order valence-corrected chi connectivity index (χ2v) is 11.7. The van der Waals surface area contributed by atoms with Crippen molar-refractivity contribution < 1.29 is 17.6 Å². The van der Waals surface area contributed by atoms with Gasteiger partial charge in [0.05, 0.1) is 11.3 Å². The summed E-state index contributed by atoms with van der Waals surface area (Å²) in [5, 5.41) is 1.63. The molecular formula is C31H32FN3O3S. The Bertz CT molecular complexity index is 1510. The number of nitrogens with zero attached hydrogens (tertiary/aromatic N) is 3. The normalized spacial score (nSPS) is 14.9. The van der Waals surface area contributed by atoms with E-state index < -0.39 is 10.0 Å². The first-order chi connectivity index (χ1) is 18.9. The highest BCUT2D eigenvalue weighted by atomic mass is 32.2. The van der Waals surface area contributed by atoms with E-state index in [9.17, 15) is 17.6 Å². The molecule has 1 heterocycles. The molecule has 4 aromatic carbocycles. The summed E-state index contributed by atoms with van der Waals surface area (Å²) in [5.74, 6) is -0.306. The van der Waals surface area contributed by atoms with Crippen LogP contribution in [0.15, 0.2) is 102 Å². The molecule has 0 atom stereocenters. The largest absolute Gasteiger partial charge is 0.337 e. The maximum atomic E-state index is 13.5. The van der Waals surface area contributed by atoms with E-state index >= 15 is 0 Å². The molecule has 8 heteroatoms. The molecule has 1 aliphatic heterocycles. The van der Waals surface area contributed by atoms with Gasteiger partial charge in [-0.1, -0.05) is 78.9 Å². The first kappa shape index (κ1) is 27.0. The minimum absolute atomic E-state index is 0.00249. The van der Waals surface area contributed by atoms with Crippen molar-refractivity contribution in [2.75, 3.05) is 39.3 Å². The number of carbonyl (C=O) groups is 1. The number of sulfonamides is 1. The number of hydrogen-bond donors (Lipinski definition) is 0. The first-order valence-corrected chi connectivity index (χ1v) is 14.6. The summed E-state index contributed by atoms with van der Waals surface area (Å²) in [6.07, 6.45) is 0.291. The van der Waals surface area contributed by atoms with Gasteiger partial charge in [0.2, 0.25) is 15.9 Å². The summed E-state index contributed by atoms with van der Waals surface area (Å²) >= 11 is 0. The molecule has 0 bridgehead atoms. The fourth-order valence-corrected chi connectivity index (χ4v) is 6.64. The SMILES string of the molecule is O=C(Cc1ccccc1)N(CCN1CCN(S(=O)(=O)c2cccc3ccccc23)CC1)Cc1ccc(F)cc1. The number of hydrogen-bond acceptors (Lipinski definition) is 4. The molecule has 0 aliphatic carbocycles. The molecule has 0 saturated carbocycles. The molecule has 0 aromatic heterocycles. The topological polar surface area (TPSA) is 60.9 Å². The zero-order chi connectivity index (χ0) is 27.2. The number of halogens is 1. The van der Waals surface area contributed by atoms with Crippen molar-refractivity contribution in [3.05, 3.63) is 114 Å². The van der Waals surface area contributed by atoms with Gasteiger partial charge in [0, 0.05) is 51.2 Å². The smallest absolute Gasteiger partial charge is 0.243 e. The highest BCUT2D eigenvalue weighted by Crippen LogP contribution is 2.26. The Balaban J connectivity index is 1.22. The average Bonchev–Trinajstić information content (AvgIpc) is 2.96. The van der Waals surface area contributed by atoms with E-state index in [0.717, 1.165) is 21.9 Å². The standard InChI is InChI=1S/C31H32FN3O3S/c32-28-15-13-26(14-16-28)24-34(31(36)23-25-7-2-1-3-8-25)20-17-33-18-21-35(22-19-33)39(37,38)30-12-6-10-27-9-4-5-11-29(27)30/h1-16H,17-24H2. The Morgan fingerprint density at radius 3 is 2.18 bits per heavy atom. The van der Waals surface area contributed by atoms with Gasteiger partial charge in [-0.2, -0.15) is 4.31 Å². The van der Waals surface area contributed by atoms with Crippen LogP contribution in [0.1, 0.15) is 11.1 Å². The molecule has 0 spiro atoms. The van der Waals surface area contributed by atoms with Gasteiger partial charge in [-0.25, -0.2) is 12.8 Å². The van der Waals surface area contributed by atoms with E-state index in [1.165, 1.54) is 12.1 Å². The second-order valence-electron chi connectivity index (χ2n) is 9.83. The van der Waals surface area contributed by atoms with E-state index in [1.54, 1.807) is 33.5 Å². The average molecular weight is 546 g/mol. The van der Waals surface area contributed by atoms with Gasteiger partial charge in [-0.15, -0.1) is 0 Å². The van der Waals surface area contributed by atoms with Crippen LogP contribution in [0, 0.1) is 5.82 Å². The van der Waals surface area contributed by atoms with Crippen molar-refractivity contribution in [3.8, 4) is 0 Å². The van der Waals surface area contributed by atoms with E-state index in [0.29, 0.717) is 57.1 Å². The van der Waals surface area contributed by atoms with Crippen LogP contribution in [-0.2, 0) is 27.8 Å². The molecule has 6 nitrogen and oxygen atoms in total. The summed E-state index contributed by atoms with van der Waals surface area (Å²) in [6, 6.07) is 28.8. The highest BCUT2D eigenvalue weighted by molar-refractivity contribution is 7.89. The lowest BCUT2D eigenvalue weighted by molar-refractivity contribution is -0.131. The fourth-order valence-electron chi connectivity index (χ4n) is 5.00. The Labute approximate surface area is 229 Å². The van der Waals surface area contributed by atoms with E-state index in [4.69, 9.17) is 0 Å². The fraction of sp³-hybridized carbons (Fsp3) is 0.258. The van der Waals surface area contributed by atoms with Gasteiger partial charge >= 0.3 is 0 Å². The van der Waals surface area contributed by atoms with Gasteiger partial charge < -0.3 is 4.90 Å². The van der Waals surface area contributed by atoms with Crippen molar-refractivity contribution in [3.63, 3.8) is 0 Å². The van der Waals surface area contributed by atoms with Crippen LogP contribution in [0.4, 0.5) is 4.39 Å². The Hall–Kier alpha value is -3.59. The van der Waals surface area contributed by atoms with Crippen molar-refractivity contribution in [1.29, 1.82) is 0 Å². The number of fused-ring (bicyclic) bond motifs is 1. The maximum absolute atomic E-state index is 13.5. The minimum atomic E-state index is -3.62. The quantitative estimate of drug-likeness (QED) is 0.310. The first-order valence-electron chi connectivity index (χ1n) is 13.2. The van der Waals surface area contributed by atoms with Crippen molar-refractivity contribution in [2.24, 2.45) is 0 Å². The number of benzene rings is 4. The molecule has 39 heavy (non-hydrogen) atoms. The summed E-state index contributed by atoms with van der Waals surface area (Å²) in [7, 11) is -3.62. The third kappa shape index (κ3) is 6.53. The van der Waals surface area contributed by atoms with E-state index in [2.05, 4.69) is 4.90 Å². The van der Waals surface area contributed by atoms with Gasteiger partial charge in [-0.3, -0.25) is 9.69 Å². The van der Waals surface area contributed by atoms with Crippen LogP contribution in [0.5, 0.6) is 0 Å². The zero-order valence-corrected chi connectivity index (χ0v) is 22.6. The van der Waals surface area contributed by atoms with Gasteiger partial charge in [0.15, 0.2) is 0 Å². The van der Waals surface area contributed by atoms with E-state index in [1.807, 2.05) is 60.7 Å². The summed E-state index contributed by atoms with van der Waals surface area (Å²) in [4.78, 5) is 17.6. The van der Waals surface area contributed by atoms with Crippen LogP contribution < -0.4 is 0 Å². The third-order valence-electron chi connectivity index (χ3n) is 7.22. The molecule has 1 fully saturated rings. The molecular weight excluding hydrogens is 513 g/mol. The Kier molecular flexibility index (Phi) is 8.35.